The van der Waals surface area contributed by atoms with E-state index < -0.39 is 15.8 Å². The smallest absolute Gasteiger partial charge is 0.408 e. The fourth-order valence-electron chi connectivity index (χ4n) is 3.14. The lowest BCUT2D eigenvalue weighted by molar-refractivity contribution is 0.245. The average Bonchev–Trinajstić information content (AvgIpc) is 3.24. The van der Waals surface area contributed by atoms with Crippen molar-refractivity contribution in [1.29, 1.82) is 0 Å². The van der Waals surface area contributed by atoms with Crippen molar-refractivity contribution < 1.29 is 12.8 Å². The number of aryl methyl sites for hydroxylation is 1. The van der Waals surface area contributed by atoms with Crippen LogP contribution in [0.5, 0.6) is 0 Å². The lowest BCUT2D eigenvalue weighted by atomic mass is 10.1. The summed E-state index contributed by atoms with van der Waals surface area (Å²) in [5.41, 5.74) is 0.830. The molecule has 10 heteroatoms. The highest BCUT2D eigenvalue weighted by Gasteiger charge is 2.31. The van der Waals surface area contributed by atoms with Gasteiger partial charge < -0.3 is 4.42 Å². The third-order valence-electron chi connectivity index (χ3n) is 4.59. The van der Waals surface area contributed by atoms with E-state index >= 15 is 0 Å². The summed E-state index contributed by atoms with van der Waals surface area (Å²) in [5.74, 6) is -0.517. The molecule has 0 unspecified atom stereocenters. The molecule has 0 atom stereocenters. The van der Waals surface area contributed by atoms with Crippen LogP contribution in [0, 0.1) is 0 Å². The highest BCUT2D eigenvalue weighted by atomic mass is 32.2. The van der Waals surface area contributed by atoms with Crippen molar-refractivity contribution in [2.24, 2.45) is 7.05 Å². The number of rotatable bonds is 3. The third kappa shape index (κ3) is 2.67. The molecule has 0 aliphatic carbocycles. The Balaban J connectivity index is 1.60. The topological polar surface area (TPSA) is 103 Å². The Morgan fingerprint density at radius 2 is 1.84 bits per heavy atom. The Kier molecular flexibility index (Phi) is 3.73. The molecule has 0 radical (unpaired) electrons. The molecular formula is C15H17N5O4S. The molecule has 1 saturated heterocycles. The maximum absolute atomic E-state index is 12.9. The minimum atomic E-state index is -3.63. The van der Waals surface area contributed by atoms with Crippen LogP contribution in [-0.4, -0.2) is 45.4 Å². The molecule has 4 rings (SSSR count). The Labute approximate surface area is 143 Å². The first-order valence-corrected chi connectivity index (χ1v) is 9.36. The van der Waals surface area contributed by atoms with Gasteiger partial charge in [0.1, 0.15) is 0 Å². The van der Waals surface area contributed by atoms with Crippen molar-refractivity contribution in [2.45, 2.75) is 23.8 Å². The molecule has 2 aromatic heterocycles. The SMILES string of the molecule is Cn1c(=O)oc2ccc(S(=O)(=O)N3CCC(n4nccn4)CC3)cc21. The minimum absolute atomic E-state index is 0.110. The quantitative estimate of drug-likeness (QED) is 0.680. The van der Waals surface area contributed by atoms with Crippen LogP contribution in [-0.2, 0) is 17.1 Å². The van der Waals surface area contributed by atoms with Crippen LogP contribution in [0.3, 0.4) is 0 Å². The van der Waals surface area contributed by atoms with Crippen LogP contribution in [0.25, 0.3) is 11.1 Å². The molecular weight excluding hydrogens is 346 g/mol. The van der Waals surface area contributed by atoms with Crippen molar-refractivity contribution >= 4 is 21.1 Å². The van der Waals surface area contributed by atoms with E-state index in [0.29, 0.717) is 37.0 Å². The van der Waals surface area contributed by atoms with Crippen molar-refractivity contribution in [1.82, 2.24) is 23.9 Å². The molecule has 1 aliphatic rings. The van der Waals surface area contributed by atoms with E-state index in [1.54, 1.807) is 24.2 Å². The fraction of sp³-hybridized carbons (Fsp3) is 0.400. The van der Waals surface area contributed by atoms with Crippen LogP contribution in [0.2, 0.25) is 0 Å². The number of nitrogens with zero attached hydrogens (tertiary/aromatic N) is 5. The lowest BCUT2D eigenvalue weighted by Gasteiger charge is -2.30. The largest absolute Gasteiger partial charge is 0.419 e. The number of fused-ring (bicyclic) bond motifs is 1. The van der Waals surface area contributed by atoms with E-state index in [2.05, 4.69) is 10.2 Å². The van der Waals surface area contributed by atoms with E-state index in [9.17, 15) is 13.2 Å². The molecule has 25 heavy (non-hydrogen) atoms. The van der Waals surface area contributed by atoms with Crippen LogP contribution in [0.15, 0.2) is 44.7 Å². The van der Waals surface area contributed by atoms with Gasteiger partial charge in [-0.2, -0.15) is 19.3 Å². The van der Waals surface area contributed by atoms with Crippen molar-refractivity contribution in [3.05, 3.63) is 41.1 Å². The van der Waals surface area contributed by atoms with Gasteiger partial charge in [-0.05, 0) is 31.0 Å². The second-order valence-electron chi connectivity index (χ2n) is 6.04. The summed E-state index contributed by atoms with van der Waals surface area (Å²) in [6.45, 7) is 0.799. The van der Waals surface area contributed by atoms with E-state index in [1.807, 2.05) is 0 Å². The lowest BCUT2D eigenvalue weighted by Crippen LogP contribution is -2.39. The normalized spacial score (nSPS) is 17.3. The first-order valence-electron chi connectivity index (χ1n) is 7.92. The van der Waals surface area contributed by atoms with Crippen molar-refractivity contribution in [2.75, 3.05) is 13.1 Å². The van der Waals surface area contributed by atoms with Gasteiger partial charge in [0, 0.05) is 20.1 Å². The number of hydrogen-bond acceptors (Lipinski definition) is 6. The molecule has 0 saturated carbocycles. The standard InChI is InChI=1S/C15H17N5O4S/c1-18-13-10-12(2-3-14(13)24-15(18)21)25(22,23)19-8-4-11(5-9-19)20-16-6-7-17-20/h2-3,6-7,10-11H,4-5,8-9H2,1H3. The number of hydrogen-bond donors (Lipinski definition) is 0. The van der Waals surface area contributed by atoms with Gasteiger partial charge >= 0.3 is 5.76 Å². The van der Waals surface area contributed by atoms with Crippen molar-refractivity contribution in [3.63, 3.8) is 0 Å². The van der Waals surface area contributed by atoms with Gasteiger partial charge in [0.25, 0.3) is 0 Å². The molecule has 0 N–H and O–H groups in total. The fourth-order valence-corrected chi connectivity index (χ4v) is 4.63. The maximum Gasteiger partial charge on any atom is 0.419 e. The first-order chi connectivity index (χ1) is 12.0. The number of sulfonamides is 1. The van der Waals surface area contributed by atoms with Crippen LogP contribution < -0.4 is 5.76 Å². The van der Waals surface area contributed by atoms with Gasteiger partial charge in [-0.15, -0.1) is 0 Å². The Morgan fingerprint density at radius 1 is 1.16 bits per heavy atom. The van der Waals surface area contributed by atoms with Gasteiger partial charge in [-0.25, -0.2) is 13.2 Å². The molecule has 132 valence electrons. The van der Waals surface area contributed by atoms with E-state index in [-0.39, 0.29) is 10.9 Å². The number of benzene rings is 1. The van der Waals surface area contributed by atoms with Gasteiger partial charge in [-0.3, -0.25) is 4.57 Å². The zero-order valence-corrected chi connectivity index (χ0v) is 14.4. The molecule has 1 aromatic carbocycles. The van der Waals surface area contributed by atoms with Gasteiger partial charge in [0.2, 0.25) is 10.0 Å². The zero-order chi connectivity index (χ0) is 17.6. The second-order valence-corrected chi connectivity index (χ2v) is 7.98. The second kappa shape index (κ2) is 5.81. The summed E-state index contributed by atoms with van der Waals surface area (Å²) in [6, 6.07) is 4.58. The van der Waals surface area contributed by atoms with Crippen LogP contribution >= 0.6 is 0 Å². The summed E-state index contributed by atoms with van der Waals surface area (Å²) < 4.78 is 33.6. The number of piperidine rings is 1. The molecule has 9 nitrogen and oxygen atoms in total. The predicted molar refractivity (Wildman–Crippen MR) is 88.5 cm³/mol. The van der Waals surface area contributed by atoms with E-state index in [0.717, 1.165) is 0 Å². The van der Waals surface area contributed by atoms with Gasteiger partial charge in [0.15, 0.2) is 5.58 Å². The highest BCUT2D eigenvalue weighted by molar-refractivity contribution is 7.89. The zero-order valence-electron chi connectivity index (χ0n) is 13.6. The summed E-state index contributed by atoms with van der Waals surface area (Å²) in [6.07, 6.45) is 4.54. The van der Waals surface area contributed by atoms with E-state index in [4.69, 9.17) is 4.42 Å². The average molecular weight is 363 g/mol. The van der Waals surface area contributed by atoms with Crippen LogP contribution in [0.4, 0.5) is 0 Å². The van der Waals surface area contributed by atoms with Crippen LogP contribution in [0.1, 0.15) is 18.9 Å². The van der Waals surface area contributed by atoms with Gasteiger partial charge in [-0.1, -0.05) is 0 Å². The van der Waals surface area contributed by atoms with Gasteiger partial charge in [0.05, 0.1) is 28.8 Å². The first kappa shape index (κ1) is 16.0. The summed E-state index contributed by atoms with van der Waals surface area (Å²) >= 11 is 0. The molecule has 1 fully saturated rings. The summed E-state index contributed by atoms with van der Waals surface area (Å²) in [4.78, 5) is 13.4. The number of aromatic nitrogens is 4. The molecule has 0 amide bonds. The summed E-state index contributed by atoms with van der Waals surface area (Å²) in [7, 11) is -2.08. The Bertz CT molecular complexity index is 1060. The Morgan fingerprint density at radius 3 is 2.52 bits per heavy atom. The molecule has 0 bridgehead atoms. The maximum atomic E-state index is 12.9. The monoisotopic (exact) mass is 363 g/mol. The molecule has 0 spiro atoms. The molecule has 3 heterocycles. The minimum Gasteiger partial charge on any atom is -0.408 e. The molecule has 3 aromatic rings. The Hall–Kier alpha value is -2.46. The third-order valence-corrected chi connectivity index (χ3v) is 6.48. The summed E-state index contributed by atoms with van der Waals surface area (Å²) in [5, 5.41) is 8.25. The van der Waals surface area contributed by atoms with Crippen molar-refractivity contribution in [3.8, 4) is 0 Å². The van der Waals surface area contributed by atoms with E-state index in [1.165, 1.54) is 27.1 Å². The molecule has 1 aliphatic heterocycles. The number of oxazole rings is 1. The highest BCUT2D eigenvalue weighted by Crippen LogP contribution is 2.27. The predicted octanol–water partition coefficient (Wildman–Crippen LogP) is 0.749.